The Morgan fingerprint density at radius 3 is 3.06 bits per heavy atom. The van der Waals surface area contributed by atoms with Crippen LogP contribution >= 0.6 is 23.7 Å². The summed E-state index contributed by atoms with van der Waals surface area (Å²) >= 11 is 1.76. The van der Waals surface area contributed by atoms with Crippen LogP contribution in [0.4, 0.5) is 0 Å². The zero-order valence-corrected chi connectivity index (χ0v) is 11.6. The van der Waals surface area contributed by atoms with E-state index in [0.29, 0.717) is 0 Å². The molecule has 3 nitrogen and oxygen atoms in total. The lowest BCUT2D eigenvalue weighted by Crippen LogP contribution is -2.42. The van der Waals surface area contributed by atoms with E-state index in [2.05, 4.69) is 22.8 Å². The van der Waals surface area contributed by atoms with E-state index >= 15 is 0 Å². The van der Waals surface area contributed by atoms with Gasteiger partial charge in [-0.1, -0.05) is 6.07 Å². The van der Waals surface area contributed by atoms with Gasteiger partial charge in [-0.05, 0) is 37.3 Å². The predicted molar refractivity (Wildman–Crippen MR) is 73.9 cm³/mol. The molecule has 0 unspecified atom stereocenters. The van der Waals surface area contributed by atoms with Gasteiger partial charge < -0.3 is 10.2 Å². The first-order valence-electron chi connectivity index (χ1n) is 5.78. The van der Waals surface area contributed by atoms with Gasteiger partial charge in [0.05, 0.1) is 6.04 Å². The number of nitrogens with zero attached hydrogens (tertiary/aromatic N) is 1. The first kappa shape index (κ1) is 14.5. The average Bonchev–Trinajstić information content (AvgIpc) is 2.96. The highest BCUT2D eigenvalue weighted by Gasteiger charge is 2.24. The topological polar surface area (TPSA) is 32.3 Å². The molecule has 1 amide bonds. The molecule has 1 aliphatic heterocycles. The first-order chi connectivity index (χ1) is 7.77. The summed E-state index contributed by atoms with van der Waals surface area (Å²) in [5.74, 6) is 0.244. The summed E-state index contributed by atoms with van der Waals surface area (Å²) in [6.07, 6.45) is 3.07. The second-order valence-corrected chi connectivity index (χ2v) is 5.27. The van der Waals surface area contributed by atoms with Crippen LogP contribution in [0.1, 0.15) is 17.7 Å². The van der Waals surface area contributed by atoms with E-state index in [1.807, 2.05) is 11.9 Å². The lowest BCUT2D eigenvalue weighted by molar-refractivity contribution is -0.131. The molecule has 0 aliphatic carbocycles. The van der Waals surface area contributed by atoms with Gasteiger partial charge in [-0.25, -0.2) is 0 Å². The monoisotopic (exact) mass is 274 g/mol. The van der Waals surface area contributed by atoms with E-state index in [0.717, 1.165) is 32.4 Å². The number of hydrogen-bond acceptors (Lipinski definition) is 3. The van der Waals surface area contributed by atoms with Crippen molar-refractivity contribution in [3.8, 4) is 0 Å². The van der Waals surface area contributed by atoms with Crippen molar-refractivity contribution in [2.75, 3.05) is 20.1 Å². The maximum absolute atomic E-state index is 12.0. The first-order valence-corrected chi connectivity index (χ1v) is 6.66. The highest BCUT2D eigenvalue weighted by atomic mass is 35.5. The SMILES string of the molecule is CN(CCc1cccs1)C(=O)[C@@H]1CCCN1.Cl. The van der Waals surface area contributed by atoms with Crippen molar-refractivity contribution in [3.63, 3.8) is 0 Å². The van der Waals surface area contributed by atoms with E-state index in [-0.39, 0.29) is 24.4 Å². The highest BCUT2D eigenvalue weighted by molar-refractivity contribution is 7.09. The number of carbonyl (C=O) groups excluding carboxylic acids is 1. The number of likely N-dealkylation sites (N-methyl/N-ethyl adjacent to an activating group) is 1. The van der Waals surface area contributed by atoms with Crippen LogP contribution in [0.3, 0.4) is 0 Å². The van der Waals surface area contributed by atoms with Gasteiger partial charge in [-0.15, -0.1) is 23.7 Å². The number of rotatable bonds is 4. The summed E-state index contributed by atoms with van der Waals surface area (Å²) < 4.78 is 0. The lowest BCUT2D eigenvalue weighted by atomic mass is 10.2. The molecule has 2 heterocycles. The minimum atomic E-state index is 0. The maximum atomic E-state index is 12.0. The number of hydrogen-bond donors (Lipinski definition) is 1. The second kappa shape index (κ2) is 6.99. The molecule has 0 spiro atoms. The smallest absolute Gasteiger partial charge is 0.239 e. The predicted octanol–water partition coefficient (Wildman–Crippen LogP) is 1.92. The van der Waals surface area contributed by atoms with Crippen LogP contribution in [0.15, 0.2) is 17.5 Å². The Morgan fingerprint density at radius 1 is 1.65 bits per heavy atom. The molecule has 1 atom stereocenters. The van der Waals surface area contributed by atoms with Gasteiger partial charge in [-0.2, -0.15) is 0 Å². The van der Waals surface area contributed by atoms with Gasteiger partial charge in [0.25, 0.3) is 0 Å². The van der Waals surface area contributed by atoms with Crippen LogP contribution in [-0.4, -0.2) is 37.0 Å². The molecule has 96 valence electrons. The van der Waals surface area contributed by atoms with E-state index in [4.69, 9.17) is 0 Å². The molecule has 17 heavy (non-hydrogen) atoms. The molecule has 0 aromatic carbocycles. The van der Waals surface area contributed by atoms with Crippen LogP contribution in [0.5, 0.6) is 0 Å². The van der Waals surface area contributed by atoms with E-state index in [1.165, 1.54) is 4.88 Å². The molecule has 1 aliphatic rings. The minimum Gasteiger partial charge on any atom is -0.344 e. The Labute approximate surface area is 113 Å². The molecule has 1 aromatic rings. The fourth-order valence-electron chi connectivity index (χ4n) is 2.00. The molecule has 1 saturated heterocycles. The van der Waals surface area contributed by atoms with Crippen LogP contribution < -0.4 is 5.32 Å². The number of amides is 1. The average molecular weight is 275 g/mol. The Hall–Kier alpha value is -0.580. The Kier molecular flexibility index (Phi) is 5.95. The van der Waals surface area contributed by atoms with E-state index in [1.54, 1.807) is 11.3 Å². The Balaban J connectivity index is 0.00000144. The van der Waals surface area contributed by atoms with Crippen molar-refractivity contribution >= 4 is 29.7 Å². The third-order valence-electron chi connectivity index (χ3n) is 3.01. The Bertz CT molecular complexity index is 336. The Morgan fingerprint density at radius 2 is 2.47 bits per heavy atom. The molecular formula is C12H19ClN2OS. The van der Waals surface area contributed by atoms with Crippen molar-refractivity contribution in [1.29, 1.82) is 0 Å². The number of nitrogens with one attached hydrogen (secondary N) is 1. The van der Waals surface area contributed by atoms with Gasteiger partial charge in [0.2, 0.25) is 5.91 Å². The third kappa shape index (κ3) is 3.98. The van der Waals surface area contributed by atoms with E-state index < -0.39 is 0 Å². The fourth-order valence-corrected chi connectivity index (χ4v) is 2.70. The summed E-state index contributed by atoms with van der Waals surface area (Å²) in [4.78, 5) is 15.2. The number of halogens is 1. The summed E-state index contributed by atoms with van der Waals surface area (Å²) in [5.41, 5.74) is 0. The standard InChI is InChI=1S/C12H18N2OS.ClH/c1-14(8-6-10-4-3-9-16-10)12(15)11-5-2-7-13-11;/h3-4,9,11,13H,2,5-8H2,1H3;1H/t11-;/m0./s1. The number of thiophene rings is 1. The zero-order chi connectivity index (χ0) is 11.4. The van der Waals surface area contributed by atoms with Gasteiger partial charge >= 0.3 is 0 Å². The molecule has 1 aromatic heterocycles. The van der Waals surface area contributed by atoms with Gasteiger partial charge in [-0.3, -0.25) is 4.79 Å². The maximum Gasteiger partial charge on any atom is 0.239 e. The summed E-state index contributed by atoms with van der Waals surface area (Å²) in [6, 6.07) is 4.24. The van der Waals surface area contributed by atoms with Crippen LogP contribution in [0, 0.1) is 0 Å². The van der Waals surface area contributed by atoms with Crippen LogP contribution in [-0.2, 0) is 11.2 Å². The van der Waals surface area contributed by atoms with E-state index in [9.17, 15) is 4.79 Å². The van der Waals surface area contributed by atoms with Crippen molar-refractivity contribution in [2.24, 2.45) is 0 Å². The molecule has 2 rings (SSSR count). The second-order valence-electron chi connectivity index (χ2n) is 4.24. The third-order valence-corrected chi connectivity index (χ3v) is 3.94. The van der Waals surface area contributed by atoms with Crippen LogP contribution in [0.2, 0.25) is 0 Å². The molecular weight excluding hydrogens is 256 g/mol. The lowest BCUT2D eigenvalue weighted by Gasteiger charge is -2.20. The van der Waals surface area contributed by atoms with Gasteiger partial charge in [0, 0.05) is 18.5 Å². The van der Waals surface area contributed by atoms with Crippen molar-refractivity contribution in [2.45, 2.75) is 25.3 Å². The summed E-state index contributed by atoms with van der Waals surface area (Å²) in [5, 5.41) is 5.32. The molecule has 0 radical (unpaired) electrons. The molecule has 0 bridgehead atoms. The highest BCUT2D eigenvalue weighted by Crippen LogP contribution is 2.11. The van der Waals surface area contributed by atoms with Crippen LogP contribution in [0.25, 0.3) is 0 Å². The molecule has 1 N–H and O–H groups in total. The minimum absolute atomic E-state index is 0. The summed E-state index contributed by atoms with van der Waals surface area (Å²) in [6.45, 7) is 1.80. The zero-order valence-electron chi connectivity index (χ0n) is 10.0. The normalized spacial score (nSPS) is 18.8. The molecule has 5 heteroatoms. The molecule has 0 saturated carbocycles. The van der Waals surface area contributed by atoms with Gasteiger partial charge in [0.15, 0.2) is 0 Å². The quantitative estimate of drug-likeness (QED) is 0.910. The fraction of sp³-hybridized carbons (Fsp3) is 0.583. The summed E-state index contributed by atoms with van der Waals surface area (Å²) in [7, 11) is 1.90. The van der Waals surface area contributed by atoms with Crippen molar-refractivity contribution in [1.82, 2.24) is 10.2 Å². The largest absolute Gasteiger partial charge is 0.344 e. The molecule has 1 fully saturated rings. The van der Waals surface area contributed by atoms with Crippen molar-refractivity contribution < 1.29 is 4.79 Å². The number of carbonyl (C=O) groups is 1. The van der Waals surface area contributed by atoms with Gasteiger partial charge in [0.1, 0.15) is 0 Å². The van der Waals surface area contributed by atoms with Crippen molar-refractivity contribution in [3.05, 3.63) is 22.4 Å².